The summed E-state index contributed by atoms with van der Waals surface area (Å²) in [7, 11) is 0. The van der Waals surface area contributed by atoms with Crippen LogP contribution in [0.25, 0.3) is 0 Å². The molecule has 4 nitrogen and oxygen atoms in total. The second kappa shape index (κ2) is 7.67. The third-order valence-corrected chi connectivity index (χ3v) is 4.08. The van der Waals surface area contributed by atoms with Gasteiger partial charge in [0.2, 0.25) is 0 Å². The zero-order valence-electron chi connectivity index (χ0n) is 13.4. The van der Waals surface area contributed by atoms with Gasteiger partial charge in [-0.05, 0) is 43.3 Å². The number of hydrogen-bond donors (Lipinski definition) is 1. The van der Waals surface area contributed by atoms with Crippen molar-refractivity contribution in [3.05, 3.63) is 47.8 Å². The van der Waals surface area contributed by atoms with Gasteiger partial charge in [-0.15, -0.1) is 0 Å². The van der Waals surface area contributed by atoms with E-state index in [0.29, 0.717) is 28.8 Å². The van der Waals surface area contributed by atoms with Crippen LogP contribution in [0, 0.1) is 0 Å². The van der Waals surface area contributed by atoms with Crippen molar-refractivity contribution in [1.29, 1.82) is 0 Å². The molecule has 0 saturated heterocycles. The van der Waals surface area contributed by atoms with Crippen LogP contribution in [-0.4, -0.2) is 22.2 Å². The fourth-order valence-electron chi connectivity index (χ4n) is 1.83. The van der Waals surface area contributed by atoms with E-state index >= 15 is 0 Å². The molecular weight excluding hydrogens is 400 g/mol. The highest BCUT2D eigenvalue weighted by Crippen LogP contribution is 2.38. The largest absolute Gasteiger partial charge is 0.479 e. The summed E-state index contributed by atoms with van der Waals surface area (Å²) >= 11 is 0.670. The van der Waals surface area contributed by atoms with Gasteiger partial charge < -0.3 is 9.84 Å². The summed E-state index contributed by atoms with van der Waals surface area (Å²) < 4.78 is 82.0. The van der Waals surface area contributed by atoms with Crippen LogP contribution in [0.4, 0.5) is 26.3 Å². The number of hydrogen-bond acceptors (Lipinski definition) is 4. The maximum absolute atomic E-state index is 12.8. The van der Waals surface area contributed by atoms with Gasteiger partial charge in [0.15, 0.2) is 6.10 Å². The van der Waals surface area contributed by atoms with Crippen LogP contribution < -0.4 is 4.74 Å². The van der Waals surface area contributed by atoms with Gasteiger partial charge in [-0.25, -0.2) is 9.78 Å². The Hall–Kier alpha value is -2.43. The molecule has 0 aliphatic carbocycles. The van der Waals surface area contributed by atoms with E-state index in [0.717, 1.165) is 0 Å². The van der Waals surface area contributed by atoms with Gasteiger partial charge in [0.25, 0.3) is 0 Å². The van der Waals surface area contributed by atoms with Crippen LogP contribution in [0.2, 0.25) is 0 Å². The minimum Gasteiger partial charge on any atom is -0.479 e. The Labute approximate surface area is 153 Å². The molecule has 1 heterocycles. The zero-order valence-corrected chi connectivity index (χ0v) is 14.2. The van der Waals surface area contributed by atoms with E-state index in [1.165, 1.54) is 31.2 Å². The molecule has 1 aromatic carbocycles. The molecule has 1 unspecified atom stereocenters. The van der Waals surface area contributed by atoms with Crippen molar-refractivity contribution >= 4 is 17.7 Å². The summed E-state index contributed by atoms with van der Waals surface area (Å²) in [6, 6.07) is 6.54. The monoisotopic (exact) mass is 411 g/mol. The highest BCUT2D eigenvalue weighted by molar-refractivity contribution is 7.99. The number of carboxylic acid groups (broad SMARTS) is 1. The Morgan fingerprint density at radius 3 is 1.89 bits per heavy atom. The molecule has 2 rings (SSSR count). The Kier molecular flexibility index (Phi) is 5.93. The first-order valence-electron chi connectivity index (χ1n) is 7.20. The van der Waals surface area contributed by atoms with Crippen LogP contribution in [0.5, 0.6) is 5.75 Å². The number of pyridine rings is 1. The molecule has 0 radical (unpaired) electrons. The number of carbonyl (C=O) groups is 1. The van der Waals surface area contributed by atoms with E-state index in [9.17, 15) is 31.1 Å². The average molecular weight is 411 g/mol. The van der Waals surface area contributed by atoms with E-state index in [4.69, 9.17) is 9.84 Å². The van der Waals surface area contributed by atoms with Gasteiger partial charge in [-0.1, -0.05) is 11.8 Å². The number of ether oxygens (including phenoxy) is 1. The Morgan fingerprint density at radius 2 is 1.48 bits per heavy atom. The fraction of sp³-hybridized carbons (Fsp3) is 0.250. The number of halogens is 6. The summed E-state index contributed by atoms with van der Waals surface area (Å²) in [5.74, 6) is -1.000. The van der Waals surface area contributed by atoms with Gasteiger partial charge >= 0.3 is 18.3 Å². The normalized spacial score (nSPS) is 13.3. The number of nitrogens with zero attached hydrogens (tertiary/aromatic N) is 1. The number of aromatic nitrogens is 1. The maximum atomic E-state index is 12.8. The Morgan fingerprint density at radius 1 is 1.00 bits per heavy atom. The average Bonchev–Trinajstić information content (AvgIpc) is 2.54. The molecule has 0 bridgehead atoms. The van der Waals surface area contributed by atoms with Crippen LogP contribution in [0.15, 0.2) is 46.2 Å². The van der Waals surface area contributed by atoms with Crippen LogP contribution in [-0.2, 0) is 17.1 Å². The van der Waals surface area contributed by atoms with Crippen LogP contribution in [0.1, 0.15) is 18.3 Å². The first-order valence-corrected chi connectivity index (χ1v) is 8.02. The minimum absolute atomic E-state index is 0.191. The molecule has 11 heteroatoms. The summed E-state index contributed by atoms with van der Waals surface area (Å²) in [6.07, 6.45) is -11.2. The summed E-state index contributed by atoms with van der Waals surface area (Å²) in [4.78, 5) is 13.4. The highest BCUT2D eigenvalue weighted by atomic mass is 32.2. The molecule has 1 aromatic heterocycles. The molecule has 0 aliphatic heterocycles. The summed E-state index contributed by atoms with van der Waals surface area (Å²) in [6.45, 7) is 1.30. The Bertz CT molecular complexity index is 788. The molecule has 0 aliphatic rings. The number of aliphatic carboxylic acids is 1. The third-order valence-electron chi connectivity index (χ3n) is 3.10. The Balaban J connectivity index is 2.27. The summed E-state index contributed by atoms with van der Waals surface area (Å²) in [5, 5.41) is 8.76. The molecule has 0 saturated carbocycles. The molecule has 1 N–H and O–H groups in total. The maximum Gasteiger partial charge on any atom is 0.433 e. The van der Waals surface area contributed by atoms with Crippen molar-refractivity contribution < 1.29 is 41.0 Å². The van der Waals surface area contributed by atoms with Crippen molar-refractivity contribution in [2.24, 2.45) is 0 Å². The van der Waals surface area contributed by atoms with E-state index in [2.05, 4.69) is 4.98 Å². The van der Waals surface area contributed by atoms with Crippen molar-refractivity contribution in [1.82, 2.24) is 4.98 Å². The minimum atomic E-state index is -5.03. The second-order valence-corrected chi connectivity index (χ2v) is 6.39. The highest BCUT2D eigenvalue weighted by Gasteiger charge is 2.38. The first-order chi connectivity index (χ1) is 12.4. The molecule has 0 amide bonds. The van der Waals surface area contributed by atoms with Crippen LogP contribution >= 0.6 is 11.8 Å². The lowest BCUT2D eigenvalue weighted by atomic mass is 10.3. The molecule has 146 valence electrons. The first kappa shape index (κ1) is 20.9. The molecular formula is C16H11F6NO3S. The quantitative estimate of drug-likeness (QED) is 0.692. The van der Waals surface area contributed by atoms with Crippen LogP contribution in [0.3, 0.4) is 0 Å². The number of rotatable bonds is 5. The fourth-order valence-corrected chi connectivity index (χ4v) is 2.72. The third kappa shape index (κ3) is 5.78. The summed E-state index contributed by atoms with van der Waals surface area (Å²) in [5.41, 5.74) is -3.29. The lowest BCUT2D eigenvalue weighted by Crippen LogP contribution is -2.22. The topological polar surface area (TPSA) is 59.4 Å². The van der Waals surface area contributed by atoms with Crippen molar-refractivity contribution in [3.8, 4) is 5.75 Å². The number of carboxylic acids is 1. The number of benzene rings is 1. The standard InChI is InChI=1S/C16H11F6NO3S/c1-8(14(24)25)26-9-2-4-10(5-3-9)27-11-6-12(15(17,18)19)23-13(7-11)16(20,21)22/h2-8H,1H3,(H,24,25). The van der Waals surface area contributed by atoms with E-state index < -0.39 is 35.8 Å². The smallest absolute Gasteiger partial charge is 0.433 e. The molecule has 0 spiro atoms. The molecule has 0 fully saturated rings. The van der Waals surface area contributed by atoms with E-state index in [-0.39, 0.29) is 10.6 Å². The lowest BCUT2D eigenvalue weighted by Gasteiger charge is -2.13. The SMILES string of the molecule is CC(Oc1ccc(Sc2cc(C(F)(F)F)nc(C(F)(F)F)c2)cc1)C(=O)O. The predicted molar refractivity (Wildman–Crippen MR) is 82.5 cm³/mol. The molecule has 1 atom stereocenters. The van der Waals surface area contributed by atoms with Gasteiger partial charge in [-0.2, -0.15) is 26.3 Å². The van der Waals surface area contributed by atoms with Gasteiger partial charge in [-0.3, -0.25) is 0 Å². The molecule has 27 heavy (non-hydrogen) atoms. The second-order valence-electron chi connectivity index (χ2n) is 5.24. The van der Waals surface area contributed by atoms with Crippen molar-refractivity contribution in [2.45, 2.75) is 35.2 Å². The van der Waals surface area contributed by atoms with Gasteiger partial charge in [0.1, 0.15) is 17.1 Å². The number of alkyl halides is 6. The van der Waals surface area contributed by atoms with E-state index in [1.807, 2.05) is 0 Å². The lowest BCUT2D eigenvalue weighted by molar-refractivity contribution is -0.150. The zero-order chi connectivity index (χ0) is 20.4. The van der Waals surface area contributed by atoms with Gasteiger partial charge in [0.05, 0.1) is 0 Å². The van der Waals surface area contributed by atoms with E-state index in [1.54, 1.807) is 0 Å². The van der Waals surface area contributed by atoms with Crippen molar-refractivity contribution in [2.75, 3.05) is 0 Å². The molecule has 2 aromatic rings. The predicted octanol–water partition coefficient (Wildman–Crippen LogP) is 5.12. The van der Waals surface area contributed by atoms with Crippen molar-refractivity contribution in [3.63, 3.8) is 0 Å². The van der Waals surface area contributed by atoms with Gasteiger partial charge in [0, 0.05) is 9.79 Å².